The number of halogens is 1. The molecule has 0 radical (unpaired) electrons. The molecule has 2 rings (SSSR count). The highest BCUT2D eigenvalue weighted by atomic mass is 79.9. The molecule has 17 heavy (non-hydrogen) atoms. The Bertz CT molecular complexity index is 501. The summed E-state index contributed by atoms with van der Waals surface area (Å²) in [7, 11) is 1.92. The van der Waals surface area contributed by atoms with Crippen LogP contribution in [0.25, 0.3) is 0 Å². The van der Waals surface area contributed by atoms with E-state index in [1.165, 1.54) is 0 Å². The van der Waals surface area contributed by atoms with E-state index in [0.29, 0.717) is 0 Å². The van der Waals surface area contributed by atoms with Crippen molar-refractivity contribution in [2.75, 3.05) is 0 Å². The molecule has 90 valence electrons. The van der Waals surface area contributed by atoms with E-state index in [1.807, 2.05) is 37.0 Å². The first-order valence-electron chi connectivity index (χ1n) is 5.42. The minimum absolute atomic E-state index is 0.0917. The molecule has 0 spiro atoms. The summed E-state index contributed by atoms with van der Waals surface area (Å²) >= 11 is 3.40. The average molecular weight is 295 g/mol. The van der Waals surface area contributed by atoms with Crippen molar-refractivity contribution in [2.24, 2.45) is 12.8 Å². The van der Waals surface area contributed by atoms with Crippen LogP contribution >= 0.6 is 15.9 Å². The number of aromatic nitrogens is 3. The van der Waals surface area contributed by atoms with Crippen LogP contribution in [0.2, 0.25) is 0 Å². The third kappa shape index (κ3) is 2.92. The lowest BCUT2D eigenvalue weighted by molar-refractivity contribution is 0.651. The first-order chi connectivity index (χ1) is 8.06. The number of hydrogen-bond acceptors (Lipinski definition) is 3. The van der Waals surface area contributed by atoms with Gasteiger partial charge in [0.15, 0.2) is 0 Å². The number of pyridine rings is 1. The molecule has 4 nitrogen and oxygen atoms in total. The van der Waals surface area contributed by atoms with Crippen LogP contribution < -0.4 is 5.73 Å². The molecule has 2 aromatic heterocycles. The fraction of sp³-hybridized carbons (Fsp3) is 0.333. The van der Waals surface area contributed by atoms with E-state index in [0.717, 1.165) is 27.8 Å². The molecule has 0 aliphatic heterocycles. The minimum Gasteiger partial charge on any atom is -0.322 e. The van der Waals surface area contributed by atoms with Crippen molar-refractivity contribution in [2.45, 2.75) is 19.4 Å². The second kappa shape index (κ2) is 4.98. The van der Waals surface area contributed by atoms with E-state index in [4.69, 9.17) is 5.73 Å². The van der Waals surface area contributed by atoms with Gasteiger partial charge in [0.1, 0.15) is 0 Å². The predicted molar refractivity (Wildman–Crippen MR) is 70.5 cm³/mol. The third-order valence-electron chi connectivity index (χ3n) is 2.73. The highest BCUT2D eigenvalue weighted by molar-refractivity contribution is 9.10. The van der Waals surface area contributed by atoms with Crippen molar-refractivity contribution in [3.63, 3.8) is 0 Å². The molecule has 0 aliphatic carbocycles. The lowest BCUT2D eigenvalue weighted by atomic mass is 10.1. The summed E-state index contributed by atoms with van der Waals surface area (Å²) in [6, 6.07) is 3.96. The van der Waals surface area contributed by atoms with Gasteiger partial charge in [0.05, 0.1) is 11.7 Å². The largest absolute Gasteiger partial charge is 0.322 e. The van der Waals surface area contributed by atoms with Gasteiger partial charge in [-0.1, -0.05) is 0 Å². The van der Waals surface area contributed by atoms with Crippen molar-refractivity contribution in [1.82, 2.24) is 14.8 Å². The molecular formula is C12H15BrN4. The lowest BCUT2D eigenvalue weighted by Gasteiger charge is -2.08. The number of hydrogen-bond donors (Lipinski definition) is 1. The Balaban J connectivity index is 2.14. The van der Waals surface area contributed by atoms with Gasteiger partial charge < -0.3 is 5.73 Å². The van der Waals surface area contributed by atoms with Gasteiger partial charge in [-0.3, -0.25) is 9.67 Å². The summed E-state index contributed by atoms with van der Waals surface area (Å²) in [5.41, 5.74) is 9.28. The highest BCUT2D eigenvalue weighted by Gasteiger charge is 2.12. The van der Waals surface area contributed by atoms with Crippen molar-refractivity contribution < 1.29 is 0 Å². The molecule has 0 saturated carbocycles. The molecule has 5 heteroatoms. The topological polar surface area (TPSA) is 56.7 Å². The van der Waals surface area contributed by atoms with Crippen molar-refractivity contribution >= 4 is 15.9 Å². The van der Waals surface area contributed by atoms with Crippen LogP contribution in [0.15, 0.2) is 29.0 Å². The molecule has 1 atom stereocenters. The standard InChI is InChI=1S/C12H15BrN4/c1-8-3-12(16-17(8)2)11(14)5-9-4-10(13)7-15-6-9/h3-4,6-7,11H,5,14H2,1-2H3. The van der Waals surface area contributed by atoms with E-state index in [2.05, 4.69) is 26.0 Å². The van der Waals surface area contributed by atoms with Gasteiger partial charge in [-0.25, -0.2) is 0 Å². The van der Waals surface area contributed by atoms with E-state index in [-0.39, 0.29) is 6.04 Å². The normalized spacial score (nSPS) is 12.7. The Morgan fingerprint density at radius 1 is 1.41 bits per heavy atom. The van der Waals surface area contributed by atoms with Crippen LogP contribution in [-0.4, -0.2) is 14.8 Å². The molecule has 2 heterocycles. The van der Waals surface area contributed by atoms with Gasteiger partial charge in [-0.15, -0.1) is 0 Å². The zero-order valence-electron chi connectivity index (χ0n) is 9.89. The number of nitrogens with zero attached hydrogens (tertiary/aromatic N) is 3. The maximum atomic E-state index is 6.14. The molecule has 0 bridgehead atoms. The predicted octanol–water partition coefficient (Wildman–Crippen LogP) is 2.13. The molecule has 0 aromatic carbocycles. The molecule has 0 amide bonds. The number of aryl methyl sites for hydroxylation is 2. The first-order valence-corrected chi connectivity index (χ1v) is 6.21. The van der Waals surface area contributed by atoms with Gasteiger partial charge in [0, 0.05) is 29.6 Å². The van der Waals surface area contributed by atoms with Crippen LogP contribution in [0, 0.1) is 6.92 Å². The Morgan fingerprint density at radius 2 is 2.18 bits per heavy atom. The third-order valence-corrected chi connectivity index (χ3v) is 3.16. The molecule has 0 fully saturated rings. The summed E-state index contributed by atoms with van der Waals surface area (Å²) in [6.45, 7) is 2.02. The maximum absolute atomic E-state index is 6.14. The fourth-order valence-corrected chi connectivity index (χ4v) is 2.11. The minimum atomic E-state index is -0.0917. The van der Waals surface area contributed by atoms with Gasteiger partial charge in [0.25, 0.3) is 0 Å². The van der Waals surface area contributed by atoms with Crippen LogP contribution in [0.1, 0.15) is 23.0 Å². The van der Waals surface area contributed by atoms with E-state index in [1.54, 1.807) is 6.20 Å². The van der Waals surface area contributed by atoms with Crippen LogP contribution in [0.5, 0.6) is 0 Å². The Hall–Kier alpha value is -1.20. The second-order valence-corrected chi connectivity index (χ2v) is 5.07. The SMILES string of the molecule is Cc1cc(C(N)Cc2cncc(Br)c2)nn1C. The average Bonchev–Trinajstić information content (AvgIpc) is 2.59. The molecular weight excluding hydrogens is 280 g/mol. The molecule has 2 N–H and O–H groups in total. The fourth-order valence-electron chi connectivity index (χ4n) is 1.70. The Labute approximate surface area is 109 Å². The van der Waals surface area contributed by atoms with Gasteiger partial charge in [-0.2, -0.15) is 5.10 Å². The van der Waals surface area contributed by atoms with Crippen LogP contribution in [0.3, 0.4) is 0 Å². The summed E-state index contributed by atoms with van der Waals surface area (Å²) in [5.74, 6) is 0. The summed E-state index contributed by atoms with van der Waals surface area (Å²) in [6.07, 6.45) is 4.34. The summed E-state index contributed by atoms with van der Waals surface area (Å²) in [5, 5.41) is 4.39. The number of rotatable bonds is 3. The Morgan fingerprint density at radius 3 is 2.76 bits per heavy atom. The van der Waals surface area contributed by atoms with Crippen molar-refractivity contribution in [3.8, 4) is 0 Å². The quantitative estimate of drug-likeness (QED) is 0.943. The van der Waals surface area contributed by atoms with E-state index in [9.17, 15) is 0 Å². The van der Waals surface area contributed by atoms with Gasteiger partial charge in [0.2, 0.25) is 0 Å². The molecule has 1 unspecified atom stereocenters. The Kier molecular flexibility index (Phi) is 3.59. The van der Waals surface area contributed by atoms with Crippen LogP contribution in [0.4, 0.5) is 0 Å². The van der Waals surface area contributed by atoms with Crippen molar-refractivity contribution in [3.05, 3.63) is 46.0 Å². The first kappa shape index (κ1) is 12.3. The van der Waals surface area contributed by atoms with Crippen molar-refractivity contribution in [1.29, 1.82) is 0 Å². The lowest BCUT2D eigenvalue weighted by Crippen LogP contribution is -2.14. The van der Waals surface area contributed by atoms with E-state index < -0.39 is 0 Å². The molecule has 0 saturated heterocycles. The summed E-state index contributed by atoms with van der Waals surface area (Å²) < 4.78 is 2.81. The zero-order chi connectivity index (χ0) is 12.4. The molecule has 0 aliphatic rings. The monoisotopic (exact) mass is 294 g/mol. The maximum Gasteiger partial charge on any atom is 0.0797 e. The summed E-state index contributed by atoms with van der Waals surface area (Å²) in [4.78, 5) is 4.13. The van der Waals surface area contributed by atoms with Gasteiger partial charge in [-0.05, 0) is 47.0 Å². The van der Waals surface area contributed by atoms with E-state index >= 15 is 0 Å². The zero-order valence-corrected chi connectivity index (χ0v) is 11.5. The number of nitrogens with two attached hydrogens (primary N) is 1. The second-order valence-electron chi connectivity index (χ2n) is 4.16. The highest BCUT2D eigenvalue weighted by Crippen LogP contribution is 2.17. The smallest absolute Gasteiger partial charge is 0.0797 e. The van der Waals surface area contributed by atoms with Crippen LogP contribution in [-0.2, 0) is 13.5 Å². The van der Waals surface area contributed by atoms with Gasteiger partial charge >= 0.3 is 0 Å². The molecule has 2 aromatic rings.